The van der Waals surface area contributed by atoms with E-state index in [1.807, 2.05) is 14.0 Å². The highest BCUT2D eigenvalue weighted by atomic mass is 16.3. The Labute approximate surface area is 103 Å². The monoisotopic (exact) mass is 238 g/mol. The van der Waals surface area contributed by atoms with Crippen LogP contribution < -0.4 is 10.6 Å². The molecule has 0 aliphatic rings. The van der Waals surface area contributed by atoms with Gasteiger partial charge in [-0.3, -0.25) is 0 Å². The van der Waals surface area contributed by atoms with E-state index in [4.69, 9.17) is 5.11 Å². The van der Waals surface area contributed by atoms with Gasteiger partial charge in [0.1, 0.15) is 18.0 Å². The molecule has 0 radical (unpaired) electrons. The van der Waals surface area contributed by atoms with E-state index in [-0.39, 0.29) is 6.61 Å². The van der Waals surface area contributed by atoms with Gasteiger partial charge in [-0.25, -0.2) is 9.97 Å². The summed E-state index contributed by atoms with van der Waals surface area (Å²) in [5.41, 5.74) is 1.02. The molecule has 1 unspecified atom stereocenters. The quantitative estimate of drug-likeness (QED) is 0.674. The molecular weight excluding hydrogens is 216 g/mol. The van der Waals surface area contributed by atoms with Crippen molar-refractivity contribution in [3.63, 3.8) is 0 Å². The van der Waals surface area contributed by atoms with Gasteiger partial charge in [0.15, 0.2) is 0 Å². The summed E-state index contributed by atoms with van der Waals surface area (Å²) >= 11 is 0. The van der Waals surface area contributed by atoms with Gasteiger partial charge in [-0.1, -0.05) is 13.3 Å². The summed E-state index contributed by atoms with van der Waals surface area (Å²) in [5, 5.41) is 15.3. The number of hydrogen-bond acceptors (Lipinski definition) is 5. The minimum atomic E-state index is 0.241. The van der Waals surface area contributed by atoms with E-state index in [0.717, 1.165) is 36.6 Å². The lowest BCUT2D eigenvalue weighted by Gasteiger charge is -2.16. The van der Waals surface area contributed by atoms with Gasteiger partial charge >= 0.3 is 0 Å². The zero-order chi connectivity index (χ0) is 12.7. The normalized spacial score (nSPS) is 12.2. The third kappa shape index (κ3) is 3.85. The number of rotatable bonds is 7. The fourth-order valence-electron chi connectivity index (χ4n) is 1.75. The van der Waals surface area contributed by atoms with Crippen LogP contribution in [0.5, 0.6) is 0 Å². The summed E-state index contributed by atoms with van der Waals surface area (Å²) in [6.45, 7) is 5.19. The van der Waals surface area contributed by atoms with Gasteiger partial charge in [-0.15, -0.1) is 0 Å². The van der Waals surface area contributed by atoms with Crippen LogP contribution in [0.25, 0.3) is 0 Å². The number of aliphatic hydroxyl groups excluding tert-OH is 1. The van der Waals surface area contributed by atoms with Crippen molar-refractivity contribution in [1.29, 1.82) is 0 Å². The van der Waals surface area contributed by atoms with Crippen LogP contribution in [-0.2, 0) is 0 Å². The molecule has 0 aliphatic heterocycles. The Morgan fingerprint density at radius 3 is 2.65 bits per heavy atom. The average molecular weight is 238 g/mol. The molecule has 0 saturated heterocycles. The fraction of sp³-hybridized carbons (Fsp3) is 0.667. The Morgan fingerprint density at radius 2 is 2.06 bits per heavy atom. The molecule has 96 valence electrons. The molecule has 0 fully saturated rings. The largest absolute Gasteiger partial charge is 0.396 e. The van der Waals surface area contributed by atoms with Gasteiger partial charge in [0.05, 0.1) is 0 Å². The fourth-order valence-corrected chi connectivity index (χ4v) is 1.75. The third-order valence-corrected chi connectivity index (χ3v) is 2.99. The summed E-state index contributed by atoms with van der Waals surface area (Å²) in [7, 11) is 1.85. The molecule has 1 rings (SSSR count). The van der Waals surface area contributed by atoms with Crippen LogP contribution in [0.3, 0.4) is 0 Å². The molecule has 0 bridgehead atoms. The molecule has 1 atom stereocenters. The first kappa shape index (κ1) is 13.7. The molecule has 17 heavy (non-hydrogen) atoms. The maximum atomic E-state index is 8.94. The number of hydrogen-bond donors (Lipinski definition) is 3. The van der Waals surface area contributed by atoms with E-state index in [9.17, 15) is 0 Å². The standard InChI is InChI=1S/C12H22N4O/c1-4-10(5-6-17)7-14-12-9(2)11(13-3)15-8-16-12/h8,10,17H,4-7H2,1-3H3,(H2,13,14,15,16). The van der Waals surface area contributed by atoms with Crippen LogP contribution in [0.15, 0.2) is 6.33 Å². The van der Waals surface area contributed by atoms with Crippen molar-refractivity contribution in [3.05, 3.63) is 11.9 Å². The Morgan fingerprint density at radius 1 is 1.35 bits per heavy atom. The highest BCUT2D eigenvalue weighted by Crippen LogP contribution is 2.18. The zero-order valence-electron chi connectivity index (χ0n) is 10.8. The van der Waals surface area contributed by atoms with Crippen molar-refractivity contribution in [3.8, 4) is 0 Å². The lowest BCUT2D eigenvalue weighted by atomic mass is 10.0. The van der Waals surface area contributed by atoms with Gasteiger partial charge in [0.25, 0.3) is 0 Å². The summed E-state index contributed by atoms with van der Waals surface area (Å²) < 4.78 is 0. The molecule has 0 saturated carbocycles. The van der Waals surface area contributed by atoms with E-state index in [2.05, 4.69) is 27.5 Å². The van der Waals surface area contributed by atoms with Gasteiger partial charge in [0, 0.05) is 25.8 Å². The van der Waals surface area contributed by atoms with Crippen molar-refractivity contribution < 1.29 is 5.11 Å². The van der Waals surface area contributed by atoms with Crippen molar-refractivity contribution in [1.82, 2.24) is 9.97 Å². The molecule has 5 heteroatoms. The molecular formula is C12H22N4O. The molecule has 1 heterocycles. The van der Waals surface area contributed by atoms with Crippen molar-refractivity contribution in [2.24, 2.45) is 5.92 Å². The second-order valence-electron chi connectivity index (χ2n) is 4.11. The second-order valence-corrected chi connectivity index (χ2v) is 4.11. The van der Waals surface area contributed by atoms with Crippen molar-refractivity contribution in [2.75, 3.05) is 30.8 Å². The van der Waals surface area contributed by atoms with Crippen molar-refractivity contribution >= 4 is 11.6 Å². The van der Waals surface area contributed by atoms with Crippen LogP contribution in [0, 0.1) is 12.8 Å². The van der Waals surface area contributed by atoms with Crippen LogP contribution in [0.1, 0.15) is 25.3 Å². The zero-order valence-corrected chi connectivity index (χ0v) is 10.8. The summed E-state index contributed by atoms with van der Waals surface area (Å²) in [4.78, 5) is 8.37. The molecule has 0 aromatic carbocycles. The summed E-state index contributed by atoms with van der Waals surface area (Å²) in [6, 6.07) is 0. The molecule has 1 aromatic rings. The van der Waals surface area contributed by atoms with Crippen LogP contribution in [0.4, 0.5) is 11.6 Å². The lowest BCUT2D eigenvalue weighted by molar-refractivity contribution is 0.258. The van der Waals surface area contributed by atoms with Crippen molar-refractivity contribution in [2.45, 2.75) is 26.7 Å². The number of aliphatic hydroxyl groups is 1. The average Bonchev–Trinajstić information content (AvgIpc) is 2.36. The van der Waals surface area contributed by atoms with E-state index in [1.54, 1.807) is 6.33 Å². The summed E-state index contributed by atoms with van der Waals surface area (Å²) in [6.07, 6.45) is 3.43. The van der Waals surface area contributed by atoms with Crippen LogP contribution in [-0.4, -0.2) is 35.3 Å². The Bertz CT molecular complexity index is 343. The van der Waals surface area contributed by atoms with E-state index in [0.29, 0.717) is 5.92 Å². The second kappa shape index (κ2) is 7.06. The first-order valence-electron chi connectivity index (χ1n) is 6.07. The molecule has 0 spiro atoms. The van der Waals surface area contributed by atoms with E-state index in [1.165, 1.54) is 0 Å². The number of nitrogens with one attached hydrogen (secondary N) is 2. The van der Waals surface area contributed by atoms with Gasteiger partial charge in [0.2, 0.25) is 0 Å². The Hall–Kier alpha value is -1.36. The molecule has 0 aliphatic carbocycles. The first-order chi connectivity index (χ1) is 8.22. The van der Waals surface area contributed by atoms with E-state index >= 15 is 0 Å². The smallest absolute Gasteiger partial charge is 0.134 e. The van der Waals surface area contributed by atoms with Gasteiger partial charge in [-0.2, -0.15) is 0 Å². The molecule has 5 nitrogen and oxygen atoms in total. The maximum Gasteiger partial charge on any atom is 0.134 e. The predicted octanol–water partition coefficient (Wildman–Crippen LogP) is 1.65. The number of nitrogens with zero attached hydrogens (tertiary/aromatic N) is 2. The third-order valence-electron chi connectivity index (χ3n) is 2.99. The SMILES string of the molecule is CCC(CCO)CNc1ncnc(NC)c1C. The predicted molar refractivity (Wildman–Crippen MR) is 70.3 cm³/mol. The van der Waals surface area contributed by atoms with E-state index < -0.39 is 0 Å². The lowest BCUT2D eigenvalue weighted by Crippen LogP contribution is -2.16. The Kier molecular flexibility index (Phi) is 5.69. The minimum absolute atomic E-state index is 0.241. The highest BCUT2D eigenvalue weighted by molar-refractivity contribution is 5.55. The van der Waals surface area contributed by atoms with Crippen LogP contribution >= 0.6 is 0 Å². The maximum absolute atomic E-state index is 8.94. The number of aromatic nitrogens is 2. The Balaban J connectivity index is 2.62. The van der Waals surface area contributed by atoms with Gasteiger partial charge < -0.3 is 15.7 Å². The molecule has 3 N–H and O–H groups in total. The van der Waals surface area contributed by atoms with Crippen LogP contribution in [0.2, 0.25) is 0 Å². The highest BCUT2D eigenvalue weighted by Gasteiger charge is 2.09. The molecule has 1 aromatic heterocycles. The number of anilines is 2. The first-order valence-corrected chi connectivity index (χ1v) is 6.07. The van der Waals surface area contributed by atoms with Gasteiger partial charge in [-0.05, 0) is 19.3 Å². The molecule has 0 amide bonds. The summed E-state index contributed by atoms with van der Waals surface area (Å²) in [5.74, 6) is 2.19. The topological polar surface area (TPSA) is 70.1 Å². The minimum Gasteiger partial charge on any atom is -0.396 e.